The first kappa shape index (κ1) is 19.1. The molecular weight excluding hydrogens is 323 g/mol. The summed E-state index contributed by atoms with van der Waals surface area (Å²) in [5.41, 5.74) is 1.71. The molecule has 1 unspecified atom stereocenters. The van der Waals surface area contributed by atoms with Gasteiger partial charge in [0.25, 0.3) is 0 Å². The highest BCUT2D eigenvalue weighted by Crippen LogP contribution is 2.37. The number of rotatable bonds is 8. The predicted octanol–water partition coefficient (Wildman–Crippen LogP) is 7.20. The van der Waals surface area contributed by atoms with Crippen LogP contribution in [0, 0.1) is 11.7 Å². The second kappa shape index (κ2) is 9.88. The summed E-state index contributed by atoms with van der Waals surface area (Å²) in [7, 11) is 0. The van der Waals surface area contributed by atoms with E-state index in [-0.39, 0.29) is 10.8 Å². The van der Waals surface area contributed by atoms with Crippen LogP contribution in [0.2, 0.25) is 5.02 Å². The van der Waals surface area contributed by atoms with Crippen molar-refractivity contribution in [1.29, 1.82) is 0 Å². The molecule has 2 rings (SSSR count). The van der Waals surface area contributed by atoms with Crippen LogP contribution < -0.4 is 4.74 Å². The Morgan fingerprint density at radius 1 is 1.25 bits per heavy atom. The Labute approximate surface area is 150 Å². The van der Waals surface area contributed by atoms with E-state index in [1.165, 1.54) is 19.3 Å². The number of halogens is 2. The Hall–Kier alpha value is -1.28. The molecular formula is C21H28ClFO. The molecule has 1 aromatic carbocycles. The molecule has 0 amide bonds. The van der Waals surface area contributed by atoms with Crippen molar-refractivity contribution in [3.63, 3.8) is 0 Å². The Morgan fingerprint density at radius 2 is 2.04 bits per heavy atom. The van der Waals surface area contributed by atoms with Gasteiger partial charge in [0.05, 0.1) is 6.61 Å². The average molecular weight is 351 g/mol. The Morgan fingerprint density at radius 3 is 2.71 bits per heavy atom. The first-order valence-electron chi connectivity index (χ1n) is 9.12. The zero-order valence-corrected chi connectivity index (χ0v) is 15.5. The molecule has 0 spiro atoms. The van der Waals surface area contributed by atoms with Gasteiger partial charge in [-0.25, -0.2) is 4.39 Å². The van der Waals surface area contributed by atoms with Gasteiger partial charge in [-0.05, 0) is 69.1 Å². The number of hydrogen-bond acceptors (Lipinski definition) is 1. The van der Waals surface area contributed by atoms with Crippen LogP contribution in [-0.4, -0.2) is 6.61 Å². The molecule has 0 bridgehead atoms. The SMILES string of the molecule is CCC/C=C/CCC1CC=C(c2ccc(OCC)c(Cl)c2F)CC1. The minimum atomic E-state index is -0.352. The summed E-state index contributed by atoms with van der Waals surface area (Å²) < 4.78 is 19.9. The number of unbranched alkanes of at least 4 members (excludes halogenated alkanes) is 1. The van der Waals surface area contributed by atoms with Gasteiger partial charge >= 0.3 is 0 Å². The molecule has 0 aromatic heterocycles. The molecule has 0 N–H and O–H groups in total. The lowest BCUT2D eigenvalue weighted by Crippen LogP contribution is -2.06. The van der Waals surface area contributed by atoms with Gasteiger partial charge in [0, 0.05) is 5.56 Å². The molecule has 1 nitrogen and oxygen atoms in total. The Balaban J connectivity index is 1.96. The van der Waals surface area contributed by atoms with Crippen molar-refractivity contribution >= 4 is 17.2 Å². The summed E-state index contributed by atoms with van der Waals surface area (Å²) in [6.07, 6.45) is 14.6. The maximum Gasteiger partial charge on any atom is 0.153 e. The van der Waals surface area contributed by atoms with Gasteiger partial charge in [-0.1, -0.05) is 43.2 Å². The second-order valence-corrected chi connectivity index (χ2v) is 6.76. The van der Waals surface area contributed by atoms with Crippen LogP contribution in [0.5, 0.6) is 5.75 Å². The van der Waals surface area contributed by atoms with E-state index in [1.54, 1.807) is 12.1 Å². The molecule has 24 heavy (non-hydrogen) atoms. The fourth-order valence-corrected chi connectivity index (χ4v) is 3.40. The summed E-state index contributed by atoms with van der Waals surface area (Å²) in [5.74, 6) is 0.782. The normalized spacial score (nSPS) is 18.0. The van der Waals surface area contributed by atoms with Crippen LogP contribution in [-0.2, 0) is 0 Å². The minimum absolute atomic E-state index is 0.0958. The van der Waals surface area contributed by atoms with E-state index in [9.17, 15) is 4.39 Å². The quantitative estimate of drug-likeness (QED) is 0.450. The van der Waals surface area contributed by atoms with Crippen molar-refractivity contribution in [2.45, 2.75) is 58.8 Å². The summed E-state index contributed by atoms with van der Waals surface area (Å²) in [6.45, 7) is 4.54. The van der Waals surface area contributed by atoms with Crippen LogP contribution in [0.25, 0.3) is 5.57 Å². The summed E-state index contributed by atoms with van der Waals surface area (Å²) in [6, 6.07) is 3.57. The van der Waals surface area contributed by atoms with Crippen molar-refractivity contribution < 1.29 is 9.13 Å². The maximum absolute atomic E-state index is 14.5. The third-order valence-corrected chi connectivity index (χ3v) is 4.93. The highest BCUT2D eigenvalue weighted by atomic mass is 35.5. The van der Waals surface area contributed by atoms with E-state index in [1.807, 2.05) is 6.92 Å². The van der Waals surface area contributed by atoms with Gasteiger partial charge < -0.3 is 4.74 Å². The largest absolute Gasteiger partial charge is 0.492 e. The van der Waals surface area contributed by atoms with Gasteiger partial charge in [-0.15, -0.1) is 0 Å². The van der Waals surface area contributed by atoms with Crippen molar-refractivity contribution in [2.75, 3.05) is 6.61 Å². The molecule has 0 saturated carbocycles. The minimum Gasteiger partial charge on any atom is -0.492 e. The van der Waals surface area contributed by atoms with Crippen molar-refractivity contribution in [3.05, 3.63) is 46.8 Å². The molecule has 3 heteroatoms. The molecule has 1 atom stereocenters. The lowest BCUT2D eigenvalue weighted by molar-refractivity contribution is 0.338. The predicted molar refractivity (Wildman–Crippen MR) is 101 cm³/mol. The number of hydrogen-bond donors (Lipinski definition) is 0. The third kappa shape index (κ3) is 5.11. The van der Waals surface area contributed by atoms with Crippen LogP contribution in [0.15, 0.2) is 30.4 Å². The zero-order valence-electron chi connectivity index (χ0n) is 14.8. The molecule has 0 saturated heterocycles. The highest BCUT2D eigenvalue weighted by Gasteiger charge is 2.19. The van der Waals surface area contributed by atoms with E-state index < -0.39 is 0 Å². The average Bonchev–Trinajstić information content (AvgIpc) is 2.60. The van der Waals surface area contributed by atoms with Gasteiger partial charge in [0.1, 0.15) is 10.8 Å². The first-order chi connectivity index (χ1) is 11.7. The summed E-state index contributed by atoms with van der Waals surface area (Å²) >= 11 is 6.10. The molecule has 0 heterocycles. The van der Waals surface area contributed by atoms with Gasteiger partial charge in [-0.2, -0.15) is 0 Å². The lowest BCUT2D eigenvalue weighted by Gasteiger charge is -2.22. The van der Waals surface area contributed by atoms with Crippen LogP contribution in [0.1, 0.15) is 64.4 Å². The number of ether oxygens (including phenoxy) is 1. The summed E-state index contributed by atoms with van der Waals surface area (Å²) in [4.78, 5) is 0. The van der Waals surface area contributed by atoms with E-state index in [4.69, 9.17) is 16.3 Å². The van der Waals surface area contributed by atoms with Crippen LogP contribution in [0.4, 0.5) is 4.39 Å². The second-order valence-electron chi connectivity index (χ2n) is 6.38. The topological polar surface area (TPSA) is 9.23 Å². The third-order valence-electron chi connectivity index (χ3n) is 4.58. The Bertz CT molecular complexity index is 592. The highest BCUT2D eigenvalue weighted by molar-refractivity contribution is 6.32. The molecule has 1 aliphatic carbocycles. The Kier molecular flexibility index (Phi) is 7.84. The zero-order chi connectivity index (χ0) is 17.4. The monoisotopic (exact) mass is 350 g/mol. The standard InChI is InChI=1S/C21H28ClFO/c1-3-5-6-7-8-9-16-10-12-17(13-11-16)18-14-15-19(24-4-2)20(22)21(18)23/h6-7,12,14-16H,3-5,8-11,13H2,1-2H3/b7-6+. The van der Waals surface area contributed by atoms with E-state index >= 15 is 0 Å². The van der Waals surface area contributed by atoms with Gasteiger partial charge in [0.2, 0.25) is 0 Å². The van der Waals surface area contributed by atoms with Gasteiger partial charge in [0.15, 0.2) is 5.82 Å². The van der Waals surface area contributed by atoms with Crippen LogP contribution >= 0.6 is 11.6 Å². The van der Waals surface area contributed by atoms with Gasteiger partial charge in [-0.3, -0.25) is 0 Å². The smallest absolute Gasteiger partial charge is 0.153 e. The molecule has 0 aliphatic heterocycles. The molecule has 132 valence electrons. The number of benzene rings is 1. The first-order valence-corrected chi connectivity index (χ1v) is 9.50. The molecule has 1 aliphatic rings. The van der Waals surface area contributed by atoms with Crippen molar-refractivity contribution in [3.8, 4) is 5.75 Å². The maximum atomic E-state index is 14.5. The van der Waals surface area contributed by atoms with Crippen molar-refractivity contribution in [1.82, 2.24) is 0 Å². The van der Waals surface area contributed by atoms with Crippen LogP contribution in [0.3, 0.4) is 0 Å². The summed E-state index contributed by atoms with van der Waals surface area (Å²) in [5, 5.41) is 0.0958. The fraction of sp³-hybridized carbons (Fsp3) is 0.524. The molecule has 1 aromatic rings. The van der Waals surface area contributed by atoms with E-state index in [0.29, 0.717) is 23.8 Å². The lowest BCUT2D eigenvalue weighted by atomic mass is 9.84. The van der Waals surface area contributed by atoms with Crippen molar-refractivity contribution in [2.24, 2.45) is 5.92 Å². The molecule has 0 radical (unpaired) electrons. The van der Waals surface area contributed by atoms with E-state index in [2.05, 4.69) is 25.2 Å². The number of allylic oxidation sites excluding steroid dienone is 4. The molecule has 0 fully saturated rings. The fourth-order valence-electron chi connectivity index (χ4n) is 3.18. The van der Waals surface area contributed by atoms with E-state index in [0.717, 1.165) is 31.3 Å².